The van der Waals surface area contributed by atoms with Crippen molar-refractivity contribution in [2.75, 3.05) is 20.1 Å². The molecule has 0 bridgehead atoms. The number of hydrogen-bond donors (Lipinski definition) is 1. The van der Waals surface area contributed by atoms with Crippen LogP contribution in [0.4, 0.5) is 0 Å². The molecule has 0 saturated heterocycles. The minimum atomic E-state index is 0.469. The Bertz CT molecular complexity index is 301. The molecule has 1 heterocycles. The lowest BCUT2D eigenvalue weighted by molar-refractivity contribution is 0.110. The summed E-state index contributed by atoms with van der Waals surface area (Å²) in [4.78, 5) is 6.66. The summed E-state index contributed by atoms with van der Waals surface area (Å²) >= 11 is 1.67. The van der Waals surface area contributed by atoms with Gasteiger partial charge in [-0.15, -0.1) is 11.3 Å². The van der Waals surface area contributed by atoms with Gasteiger partial charge in [-0.3, -0.25) is 0 Å². The van der Waals surface area contributed by atoms with Crippen molar-refractivity contribution >= 4 is 11.3 Å². The van der Waals surface area contributed by atoms with Crippen molar-refractivity contribution in [2.45, 2.75) is 32.2 Å². The van der Waals surface area contributed by atoms with E-state index >= 15 is 0 Å². The molecule has 1 aromatic rings. The molecule has 0 aliphatic heterocycles. The van der Waals surface area contributed by atoms with Crippen LogP contribution in [-0.4, -0.2) is 30.0 Å². The Labute approximate surface area is 102 Å². The summed E-state index contributed by atoms with van der Waals surface area (Å²) in [5, 5.41) is 2.12. The first-order chi connectivity index (χ1) is 7.74. The maximum absolute atomic E-state index is 5.86. The van der Waals surface area contributed by atoms with Gasteiger partial charge in [-0.2, -0.15) is 0 Å². The molecule has 3 nitrogen and oxygen atoms in total. The van der Waals surface area contributed by atoms with Crippen molar-refractivity contribution in [1.82, 2.24) is 9.88 Å². The number of nitrogens with zero attached hydrogens (tertiary/aromatic N) is 2. The summed E-state index contributed by atoms with van der Waals surface area (Å²) in [5.74, 6) is 0. The fourth-order valence-electron chi connectivity index (χ4n) is 2.33. The highest BCUT2D eigenvalue weighted by Crippen LogP contribution is 2.42. The SMILES string of the molecule is CN(CCC1(CN)CCC1)Cc1cscn1. The Kier molecular flexibility index (Phi) is 3.95. The number of hydrogen-bond acceptors (Lipinski definition) is 4. The third kappa shape index (κ3) is 2.81. The Hall–Kier alpha value is -0.450. The highest BCUT2D eigenvalue weighted by molar-refractivity contribution is 7.07. The maximum atomic E-state index is 5.86. The predicted octanol–water partition coefficient (Wildman–Crippen LogP) is 2.09. The average molecular weight is 239 g/mol. The van der Waals surface area contributed by atoms with Crippen molar-refractivity contribution in [3.05, 3.63) is 16.6 Å². The molecule has 2 rings (SSSR count). The molecular weight excluding hydrogens is 218 g/mol. The molecule has 4 heteroatoms. The molecule has 0 spiro atoms. The van der Waals surface area contributed by atoms with Crippen molar-refractivity contribution < 1.29 is 0 Å². The van der Waals surface area contributed by atoms with Crippen LogP contribution in [0.15, 0.2) is 10.9 Å². The summed E-state index contributed by atoms with van der Waals surface area (Å²) in [6, 6.07) is 0. The molecule has 1 aliphatic rings. The summed E-state index contributed by atoms with van der Waals surface area (Å²) in [7, 11) is 2.17. The van der Waals surface area contributed by atoms with Gasteiger partial charge in [0, 0.05) is 11.9 Å². The van der Waals surface area contributed by atoms with E-state index in [4.69, 9.17) is 5.73 Å². The minimum absolute atomic E-state index is 0.469. The van der Waals surface area contributed by atoms with Crippen molar-refractivity contribution in [3.8, 4) is 0 Å². The van der Waals surface area contributed by atoms with Crippen LogP contribution in [0.1, 0.15) is 31.4 Å². The van der Waals surface area contributed by atoms with Crippen LogP contribution in [0.25, 0.3) is 0 Å². The van der Waals surface area contributed by atoms with Gasteiger partial charge in [0.15, 0.2) is 0 Å². The van der Waals surface area contributed by atoms with Gasteiger partial charge in [-0.1, -0.05) is 6.42 Å². The fourth-order valence-corrected chi connectivity index (χ4v) is 2.88. The molecule has 0 unspecified atom stereocenters. The van der Waals surface area contributed by atoms with Gasteiger partial charge in [-0.05, 0) is 44.8 Å². The predicted molar refractivity (Wildman–Crippen MR) is 68.4 cm³/mol. The lowest BCUT2D eigenvalue weighted by Gasteiger charge is -2.42. The van der Waals surface area contributed by atoms with E-state index in [1.807, 2.05) is 5.51 Å². The molecule has 0 atom stereocenters. The van der Waals surface area contributed by atoms with Gasteiger partial charge in [0.25, 0.3) is 0 Å². The Morgan fingerprint density at radius 3 is 2.88 bits per heavy atom. The first-order valence-corrected chi connectivity index (χ1v) is 6.94. The molecule has 1 saturated carbocycles. The molecule has 0 aromatic carbocycles. The summed E-state index contributed by atoms with van der Waals surface area (Å²) in [5.41, 5.74) is 9.41. The second-order valence-electron chi connectivity index (χ2n) is 5.03. The third-order valence-electron chi connectivity index (χ3n) is 3.79. The van der Waals surface area contributed by atoms with Gasteiger partial charge in [0.1, 0.15) is 0 Å². The van der Waals surface area contributed by atoms with Crippen LogP contribution in [0.2, 0.25) is 0 Å². The van der Waals surface area contributed by atoms with Crippen LogP contribution >= 0.6 is 11.3 Å². The zero-order chi connectivity index (χ0) is 11.4. The van der Waals surface area contributed by atoms with Gasteiger partial charge < -0.3 is 10.6 Å². The molecule has 2 N–H and O–H groups in total. The maximum Gasteiger partial charge on any atom is 0.0795 e. The normalized spacial score (nSPS) is 18.7. The van der Waals surface area contributed by atoms with E-state index in [0.717, 1.165) is 19.6 Å². The number of nitrogens with two attached hydrogens (primary N) is 1. The zero-order valence-corrected chi connectivity index (χ0v) is 10.8. The smallest absolute Gasteiger partial charge is 0.0795 e. The van der Waals surface area contributed by atoms with Crippen molar-refractivity contribution in [1.29, 1.82) is 0 Å². The lowest BCUT2D eigenvalue weighted by Crippen LogP contribution is -2.39. The van der Waals surface area contributed by atoms with Crippen LogP contribution in [0, 0.1) is 5.41 Å². The Morgan fingerprint density at radius 1 is 1.56 bits per heavy atom. The van der Waals surface area contributed by atoms with Gasteiger partial charge in [0.2, 0.25) is 0 Å². The van der Waals surface area contributed by atoms with Crippen LogP contribution in [-0.2, 0) is 6.54 Å². The van der Waals surface area contributed by atoms with E-state index in [1.165, 1.54) is 31.4 Å². The van der Waals surface area contributed by atoms with Crippen molar-refractivity contribution in [3.63, 3.8) is 0 Å². The van der Waals surface area contributed by atoms with E-state index in [9.17, 15) is 0 Å². The molecule has 1 aliphatic carbocycles. The Morgan fingerprint density at radius 2 is 2.38 bits per heavy atom. The standard InChI is InChI=1S/C12H21N3S/c1-15(7-11-8-16-10-14-11)6-5-12(9-13)3-2-4-12/h8,10H,2-7,9,13H2,1H3. The molecule has 0 amide bonds. The number of aromatic nitrogens is 1. The summed E-state index contributed by atoms with van der Waals surface area (Å²) in [6.45, 7) is 2.95. The first kappa shape index (κ1) is 12.0. The molecule has 90 valence electrons. The van der Waals surface area contributed by atoms with Crippen LogP contribution in [0.3, 0.4) is 0 Å². The van der Waals surface area contributed by atoms with Gasteiger partial charge >= 0.3 is 0 Å². The zero-order valence-electron chi connectivity index (χ0n) is 9.98. The fraction of sp³-hybridized carbons (Fsp3) is 0.750. The van der Waals surface area contributed by atoms with Crippen molar-refractivity contribution in [2.24, 2.45) is 11.1 Å². The van der Waals surface area contributed by atoms with E-state index in [-0.39, 0.29) is 0 Å². The van der Waals surface area contributed by atoms with Crippen LogP contribution in [0.5, 0.6) is 0 Å². The lowest BCUT2D eigenvalue weighted by atomic mass is 9.66. The van der Waals surface area contributed by atoms with E-state index in [1.54, 1.807) is 11.3 Å². The molecule has 1 fully saturated rings. The average Bonchev–Trinajstić information content (AvgIpc) is 2.69. The highest BCUT2D eigenvalue weighted by atomic mass is 32.1. The number of thiazole rings is 1. The number of rotatable bonds is 6. The largest absolute Gasteiger partial charge is 0.330 e. The van der Waals surface area contributed by atoms with E-state index in [0.29, 0.717) is 5.41 Å². The molecule has 1 aromatic heterocycles. The van der Waals surface area contributed by atoms with E-state index in [2.05, 4.69) is 22.3 Å². The highest BCUT2D eigenvalue weighted by Gasteiger charge is 2.35. The molecular formula is C12H21N3S. The molecule has 0 radical (unpaired) electrons. The Balaban J connectivity index is 1.73. The monoisotopic (exact) mass is 239 g/mol. The third-order valence-corrected chi connectivity index (χ3v) is 4.42. The quantitative estimate of drug-likeness (QED) is 0.826. The van der Waals surface area contributed by atoms with Gasteiger partial charge in [-0.25, -0.2) is 4.98 Å². The summed E-state index contributed by atoms with van der Waals surface area (Å²) in [6.07, 6.45) is 5.26. The second kappa shape index (κ2) is 5.25. The van der Waals surface area contributed by atoms with E-state index < -0.39 is 0 Å². The first-order valence-electron chi connectivity index (χ1n) is 6.00. The minimum Gasteiger partial charge on any atom is -0.330 e. The van der Waals surface area contributed by atoms with Crippen LogP contribution < -0.4 is 5.73 Å². The van der Waals surface area contributed by atoms with Gasteiger partial charge in [0.05, 0.1) is 11.2 Å². The second-order valence-corrected chi connectivity index (χ2v) is 5.74. The summed E-state index contributed by atoms with van der Waals surface area (Å²) < 4.78 is 0. The topological polar surface area (TPSA) is 42.1 Å². The molecule has 16 heavy (non-hydrogen) atoms.